The van der Waals surface area contributed by atoms with Crippen molar-refractivity contribution in [3.63, 3.8) is 0 Å². The molecule has 1 aromatic carbocycles. The molecule has 0 atom stereocenters. The van der Waals surface area contributed by atoms with E-state index in [1.807, 2.05) is 0 Å². The summed E-state index contributed by atoms with van der Waals surface area (Å²) in [6.45, 7) is 1.05. The number of halogens is 1. The van der Waals surface area contributed by atoms with E-state index in [0.29, 0.717) is 29.4 Å². The topological polar surface area (TPSA) is 75.7 Å². The Morgan fingerprint density at radius 1 is 1.15 bits per heavy atom. The lowest BCUT2D eigenvalue weighted by Crippen LogP contribution is -2.32. The molecule has 1 fully saturated rings. The third kappa shape index (κ3) is 4.71. The molecule has 6 nitrogen and oxygen atoms in total. The van der Waals surface area contributed by atoms with Gasteiger partial charge in [-0.1, -0.05) is 12.8 Å². The van der Waals surface area contributed by atoms with Crippen LogP contribution < -0.4 is 10.1 Å². The van der Waals surface area contributed by atoms with Gasteiger partial charge in [0.1, 0.15) is 5.75 Å². The van der Waals surface area contributed by atoms with E-state index >= 15 is 0 Å². The Balaban J connectivity index is 1.89. The maximum absolute atomic E-state index is 13.0. The minimum Gasteiger partial charge on any atom is -0.495 e. The first kappa shape index (κ1) is 20.3. The number of carbonyl (C=O) groups is 1. The number of rotatable bonds is 5. The summed E-state index contributed by atoms with van der Waals surface area (Å²) in [6, 6.07) is 8.06. The molecule has 1 N–H and O–H groups in total. The average molecular weight is 473 g/mol. The Bertz CT molecular complexity index is 919. The number of anilines is 1. The van der Waals surface area contributed by atoms with E-state index in [2.05, 4.69) is 21.2 Å². The summed E-state index contributed by atoms with van der Waals surface area (Å²) in [7, 11) is -2.13. The second kappa shape index (κ2) is 8.72. The molecule has 0 saturated carbocycles. The normalized spacial score (nSPS) is 15.9. The van der Waals surface area contributed by atoms with Crippen LogP contribution in [0.4, 0.5) is 5.69 Å². The number of hydrogen-bond acceptors (Lipinski definition) is 5. The monoisotopic (exact) mass is 472 g/mol. The van der Waals surface area contributed by atoms with Gasteiger partial charge in [-0.2, -0.15) is 4.31 Å². The zero-order valence-corrected chi connectivity index (χ0v) is 18.1. The molecular formula is C18H21BrN2O4S2. The number of benzene rings is 1. The van der Waals surface area contributed by atoms with E-state index in [0.717, 1.165) is 29.5 Å². The molecular weight excluding hydrogens is 452 g/mol. The Morgan fingerprint density at radius 2 is 1.85 bits per heavy atom. The summed E-state index contributed by atoms with van der Waals surface area (Å²) in [6.07, 6.45) is 3.83. The minimum absolute atomic E-state index is 0.160. The fourth-order valence-electron chi connectivity index (χ4n) is 3.00. The van der Waals surface area contributed by atoms with Gasteiger partial charge in [0.05, 0.1) is 26.4 Å². The van der Waals surface area contributed by atoms with E-state index in [9.17, 15) is 13.2 Å². The standard InChI is InChI=1S/C18H21BrN2O4S2/c1-25-15-7-6-13(27(23,24)21-10-4-2-3-5-11-21)12-14(15)20-18(22)16-8-9-17(19)26-16/h6-9,12H,2-5,10-11H2,1H3,(H,20,22). The number of carbonyl (C=O) groups excluding carboxylic acids is 1. The molecule has 1 aliphatic heterocycles. The fourth-order valence-corrected chi connectivity index (χ4v) is 5.82. The Labute approximate surface area is 171 Å². The van der Waals surface area contributed by atoms with Gasteiger partial charge in [0, 0.05) is 13.1 Å². The van der Waals surface area contributed by atoms with Crippen molar-refractivity contribution in [1.82, 2.24) is 4.31 Å². The molecule has 0 radical (unpaired) electrons. The summed E-state index contributed by atoms with van der Waals surface area (Å²) in [5, 5.41) is 2.76. The van der Waals surface area contributed by atoms with E-state index in [-0.39, 0.29) is 10.8 Å². The first-order valence-corrected chi connectivity index (χ1v) is 11.7. The van der Waals surface area contributed by atoms with Crippen molar-refractivity contribution in [2.24, 2.45) is 0 Å². The van der Waals surface area contributed by atoms with Gasteiger partial charge in [0.2, 0.25) is 10.0 Å². The molecule has 1 saturated heterocycles. The molecule has 0 spiro atoms. The van der Waals surface area contributed by atoms with Crippen molar-refractivity contribution in [3.8, 4) is 5.75 Å². The van der Waals surface area contributed by atoms with Crippen molar-refractivity contribution >= 4 is 48.9 Å². The van der Waals surface area contributed by atoms with Gasteiger partial charge in [-0.3, -0.25) is 4.79 Å². The predicted octanol–water partition coefficient (Wildman–Crippen LogP) is 4.34. The van der Waals surface area contributed by atoms with Crippen molar-refractivity contribution in [2.45, 2.75) is 30.6 Å². The summed E-state index contributed by atoms with van der Waals surface area (Å²) >= 11 is 4.63. The van der Waals surface area contributed by atoms with Crippen LogP contribution in [-0.2, 0) is 10.0 Å². The molecule has 146 valence electrons. The van der Waals surface area contributed by atoms with Crippen molar-refractivity contribution in [1.29, 1.82) is 0 Å². The predicted molar refractivity (Wildman–Crippen MR) is 110 cm³/mol. The summed E-state index contributed by atoms with van der Waals surface area (Å²) in [4.78, 5) is 13.1. The molecule has 2 aromatic rings. The highest BCUT2D eigenvalue weighted by atomic mass is 79.9. The molecule has 0 unspecified atom stereocenters. The highest BCUT2D eigenvalue weighted by molar-refractivity contribution is 9.11. The van der Waals surface area contributed by atoms with Crippen LogP contribution in [0.1, 0.15) is 35.4 Å². The van der Waals surface area contributed by atoms with Crippen LogP contribution in [0.2, 0.25) is 0 Å². The molecule has 3 rings (SSSR count). The lowest BCUT2D eigenvalue weighted by molar-refractivity contribution is 0.103. The number of nitrogens with one attached hydrogen (secondary N) is 1. The van der Waals surface area contributed by atoms with Crippen LogP contribution in [0.15, 0.2) is 39.0 Å². The van der Waals surface area contributed by atoms with E-state index in [1.165, 1.54) is 34.9 Å². The number of sulfonamides is 1. The lowest BCUT2D eigenvalue weighted by Gasteiger charge is -2.21. The van der Waals surface area contributed by atoms with Crippen molar-refractivity contribution in [2.75, 3.05) is 25.5 Å². The zero-order valence-electron chi connectivity index (χ0n) is 14.9. The SMILES string of the molecule is COc1ccc(S(=O)(=O)N2CCCCCC2)cc1NC(=O)c1ccc(Br)s1. The smallest absolute Gasteiger partial charge is 0.265 e. The Morgan fingerprint density at radius 3 is 2.44 bits per heavy atom. The van der Waals surface area contributed by atoms with Gasteiger partial charge in [0.25, 0.3) is 5.91 Å². The number of amides is 1. The van der Waals surface area contributed by atoms with Gasteiger partial charge in [0.15, 0.2) is 0 Å². The number of methoxy groups -OCH3 is 1. The molecule has 1 aromatic heterocycles. The Kier molecular flexibility index (Phi) is 6.56. The maximum atomic E-state index is 13.0. The summed E-state index contributed by atoms with van der Waals surface area (Å²) in [5.74, 6) is 0.0992. The van der Waals surface area contributed by atoms with Crippen LogP contribution in [0.5, 0.6) is 5.75 Å². The molecule has 9 heteroatoms. The second-order valence-corrected chi connectivity index (χ2v) is 10.6. The van der Waals surface area contributed by atoms with Crippen LogP contribution in [0, 0.1) is 0 Å². The maximum Gasteiger partial charge on any atom is 0.265 e. The molecule has 0 aliphatic carbocycles. The molecule has 1 amide bonds. The molecule has 1 aliphatic rings. The summed E-state index contributed by atoms with van der Waals surface area (Å²) in [5.41, 5.74) is 0.336. The largest absolute Gasteiger partial charge is 0.495 e. The number of hydrogen-bond donors (Lipinski definition) is 1. The van der Waals surface area contributed by atoms with E-state index < -0.39 is 10.0 Å². The van der Waals surface area contributed by atoms with Crippen LogP contribution in [0.3, 0.4) is 0 Å². The van der Waals surface area contributed by atoms with Crippen LogP contribution in [-0.4, -0.2) is 38.8 Å². The van der Waals surface area contributed by atoms with Gasteiger partial charge >= 0.3 is 0 Å². The first-order valence-electron chi connectivity index (χ1n) is 8.66. The van der Waals surface area contributed by atoms with Crippen molar-refractivity contribution < 1.29 is 17.9 Å². The van der Waals surface area contributed by atoms with Crippen molar-refractivity contribution in [3.05, 3.63) is 39.0 Å². The second-order valence-electron chi connectivity index (χ2n) is 6.24. The van der Waals surface area contributed by atoms with E-state index in [4.69, 9.17) is 4.74 Å². The highest BCUT2D eigenvalue weighted by Crippen LogP contribution is 2.31. The minimum atomic E-state index is -3.61. The third-order valence-corrected chi connectivity index (χ3v) is 7.94. The highest BCUT2D eigenvalue weighted by Gasteiger charge is 2.26. The molecule has 0 bridgehead atoms. The van der Waals surface area contributed by atoms with Crippen LogP contribution >= 0.6 is 27.3 Å². The third-order valence-electron chi connectivity index (χ3n) is 4.42. The van der Waals surface area contributed by atoms with Gasteiger partial charge in [-0.05, 0) is 59.1 Å². The van der Waals surface area contributed by atoms with E-state index in [1.54, 1.807) is 18.2 Å². The molecule has 27 heavy (non-hydrogen) atoms. The Hall–Kier alpha value is -1.42. The zero-order chi connectivity index (χ0) is 19.4. The average Bonchev–Trinajstić information content (AvgIpc) is 2.91. The van der Waals surface area contributed by atoms with Crippen LogP contribution in [0.25, 0.3) is 0 Å². The van der Waals surface area contributed by atoms with Gasteiger partial charge in [-0.15, -0.1) is 11.3 Å². The lowest BCUT2D eigenvalue weighted by atomic mass is 10.2. The number of ether oxygens (including phenoxy) is 1. The molecule has 2 heterocycles. The fraction of sp³-hybridized carbons (Fsp3) is 0.389. The quantitative estimate of drug-likeness (QED) is 0.701. The van der Waals surface area contributed by atoms with Gasteiger partial charge < -0.3 is 10.1 Å². The summed E-state index contributed by atoms with van der Waals surface area (Å²) < 4.78 is 33.7. The number of nitrogens with zero attached hydrogens (tertiary/aromatic N) is 1. The van der Waals surface area contributed by atoms with Gasteiger partial charge in [-0.25, -0.2) is 8.42 Å². The first-order chi connectivity index (χ1) is 12.9. The number of thiophene rings is 1.